The highest BCUT2D eigenvalue weighted by Gasteiger charge is 2.07. The Bertz CT molecular complexity index is 1020. The summed E-state index contributed by atoms with van der Waals surface area (Å²) >= 11 is 1.63. The van der Waals surface area contributed by atoms with Crippen LogP contribution in [0.2, 0.25) is 0 Å². The van der Waals surface area contributed by atoms with Crippen molar-refractivity contribution in [2.75, 3.05) is 18.6 Å². The van der Waals surface area contributed by atoms with E-state index in [0.717, 1.165) is 32.2 Å². The molecule has 0 amide bonds. The van der Waals surface area contributed by atoms with E-state index in [1.165, 1.54) is 0 Å². The standard InChI is InChI=1S/C20H16FN3OS/c21-8-10-25-17-5-1-4-16(12-17)23-19-7-6-14-11-18(26-20(14)24-19)15-3-2-9-22-13-15/h1-7,9,11-13H,8,10H2,(H,23,24). The predicted octanol–water partition coefficient (Wildman–Crippen LogP) is 5.45. The fourth-order valence-electron chi connectivity index (χ4n) is 2.61. The molecule has 1 aromatic carbocycles. The molecule has 4 aromatic rings. The first-order chi connectivity index (χ1) is 12.8. The van der Waals surface area contributed by atoms with Crippen molar-refractivity contribution in [3.8, 4) is 16.2 Å². The first kappa shape index (κ1) is 16.5. The number of nitrogens with zero attached hydrogens (tertiary/aromatic N) is 2. The zero-order valence-corrected chi connectivity index (χ0v) is 14.7. The molecule has 0 atom stereocenters. The minimum absolute atomic E-state index is 0.0555. The van der Waals surface area contributed by atoms with Crippen LogP contribution >= 0.6 is 11.3 Å². The quantitative estimate of drug-likeness (QED) is 0.493. The molecule has 0 spiro atoms. The van der Waals surface area contributed by atoms with Gasteiger partial charge in [-0.05, 0) is 36.4 Å². The Labute approximate surface area is 154 Å². The van der Waals surface area contributed by atoms with Crippen molar-refractivity contribution in [1.29, 1.82) is 0 Å². The Hall–Kier alpha value is -2.99. The summed E-state index contributed by atoms with van der Waals surface area (Å²) in [6.07, 6.45) is 3.62. The monoisotopic (exact) mass is 365 g/mol. The van der Waals surface area contributed by atoms with Crippen molar-refractivity contribution < 1.29 is 9.13 Å². The number of hydrogen-bond acceptors (Lipinski definition) is 5. The third-order valence-corrected chi connectivity index (χ3v) is 4.88. The van der Waals surface area contributed by atoms with Gasteiger partial charge in [0, 0.05) is 40.0 Å². The molecule has 4 rings (SSSR count). The van der Waals surface area contributed by atoms with Crippen LogP contribution in [0.1, 0.15) is 0 Å². The average molecular weight is 365 g/mol. The van der Waals surface area contributed by atoms with E-state index in [0.29, 0.717) is 5.75 Å². The number of pyridine rings is 2. The number of anilines is 2. The number of rotatable bonds is 6. The fraction of sp³-hybridized carbons (Fsp3) is 0.100. The molecule has 0 bridgehead atoms. The minimum atomic E-state index is -0.506. The van der Waals surface area contributed by atoms with Gasteiger partial charge in [-0.1, -0.05) is 12.1 Å². The number of halogens is 1. The zero-order chi connectivity index (χ0) is 17.8. The van der Waals surface area contributed by atoms with E-state index in [1.54, 1.807) is 23.6 Å². The second kappa shape index (κ2) is 7.49. The van der Waals surface area contributed by atoms with E-state index >= 15 is 0 Å². The first-order valence-corrected chi connectivity index (χ1v) is 9.00. The number of benzene rings is 1. The summed E-state index contributed by atoms with van der Waals surface area (Å²) in [5.41, 5.74) is 1.93. The van der Waals surface area contributed by atoms with Gasteiger partial charge in [0.2, 0.25) is 0 Å². The Morgan fingerprint density at radius 3 is 2.88 bits per heavy atom. The van der Waals surface area contributed by atoms with E-state index in [1.807, 2.05) is 48.7 Å². The summed E-state index contributed by atoms with van der Waals surface area (Å²) in [6, 6.07) is 17.5. The molecule has 0 aliphatic rings. The van der Waals surface area contributed by atoms with Gasteiger partial charge in [-0.25, -0.2) is 9.37 Å². The fourth-order valence-corrected chi connectivity index (χ4v) is 3.63. The summed E-state index contributed by atoms with van der Waals surface area (Å²) in [5, 5.41) is 4.37. The molecule has 0 aliphatic carbocycles. The predicted molar refractivity (Wildman–Crippen MR) is 104 cm³/mol. The highest BCUT2D eigenvalue weighted by atomic mass is 32.1. The molecule has 0 fully saturated rings. The van der Waals surface area contributed by atoms with Crippen LogP contribution in [-0.4, -0.2) is 23.2 Å². The Balaban J connectivity index is 1.58. The largest absolute Gasteiger partial charge is 0.491 e. The van der Waals surface area contributed by atoms with Gasteiger partial charge in [-0.3, -0.25) is 4.98 Å². The number of aromatic nitrogens is 2. The van der Waals surface area contributed by atoms with E-state index in [2.05, 4.69) is 16.4 Å². The highest BCUT2D eigenvalue weighted by molar-refractivity contribution is 7.21. The molecule has 0 saturated carbocycles. The molecule has 0 aliphatic heterocycles. The summed E-state index contributed by atoms with van der Waals surface area (Å²) < 4.78 is 17.6. The van der Waals surface area contributed by atoms with E-state index in [4.69, 9.17) is 9.72 Å². The lowest BCUT2D eigenvalue weighted by Crippen LogP contribution is -1.99. The molecule has 0 saturated heterocycles. The number of alkyl halides is 1. The molecule has 1 N–H and O–H groups in total. The second-order valence-corrected chi connectivity index (χ2v) is 6.66. The van der Waals surface area contributed by atoms with Crippen LogP contribution in [0.25, 0.3) is 20.7 Å². The van der Waals surface area contributed by atoms with Crippen LogP contribution < -0.4 is 10.1 Å². The van der Waals surface area contributed by atoms with Crippen LogP contribution in [-0.2, 0) is 0 Å². The number of nitrogens with one attached hydrogen (secondary N) is 1. The highest BCUT2D eigenvalue weighted by Crippen LogP contribution is 2.33. The molecule has 6 heteroatoms. The van der Waals surface area contributed by atoms with Crippen molar-refractivity contribution in [2.45, 2.75) is 0 Å². The lowest BCUT2D eigenvalue weighted by atomic mass is 10.2. The summed E-state index contributed by atoms with van der Waals surface area (Å²) in [7, 11) is 0. The summed E-state index contributed by atoms with van der Waals surface area (Å²) in [5.74, 6) is 1.38. The molecule has 3 heterocycles. The minimum Gasteiger partial charge on any atom is -0.491 e. The van der Waals surface area contributed by atoms with Crippen LogP contribution in [0.3, 0.4) is 0 Å². The Kier molecular flexibility index (Phi) is 4.75. The second-order valence-electron chi connectivity index (χ2n) is 5.63. The van der Waals surface area contributed by atoms with Crippen LogP contribution in [0, 0.1) is 0 Å². The van der Waals surface area contributed by atoms with Gasteiger partial charge in [0.05, 0.1) is 0 Å². The third-order valence-electron chi connectivity index (χ3n) is 3.78. The average Bonchev–Trinajstić information content (AvgIpc) is 3.11. The van der Waals surface area contributed by atoms with Crippen molar-refractivity contribution in [3.05, 3.63) is 67.0 Å². The smallest absolute Gasteiger partial charge is 0.132 e. The lowest BCUT2D eigenvalue weighted by Gasteiger charge is -2.08. The van der Waals surface area contributed by atoms with Crippen molar-refractivity contribution in [2.24, 2.45) is 0 Å². The van der Waals surface area contributed by atoms with Gasteiger partial charge in [-0.2, -0.15) is 0 Å². The molecule has 4 nitrogen and oxygen atoms in total. The van der Waals surface area contributed by atoms with Gasteiger partial charge in [-0.15, -0.1) is 11.3 Å². The van der Waals surface area contributed by atoms with Gasteiger partial charge in [0.25, 0.3) is 0 Å². The van der Waals surface area contributed by atoms with Crippen molar-refractivity contribution in [1.82, 2.24) is 9.97 Å². The molecule has 26 heavy (non-hydrogen) atoms. The lowest BCUT2D eigenvalue weighted by molar-refractivity contribution is 0.273. The van der Waals surface area contributed by atoms with E-state index in [-0.39, 0.29) is 6.61 Å². The SMILES string of the molecule is FCCOc1cccc(Nc2ccc3cc(-c4cccnc4)sc3n2)c1. The summed E-state index contributed by atoms with van der Waals surface area (Å²) in [6.45, 7) is -0.451. The van der Waals surface area contributed by atoms with Crippen LogP contribution in [0.5, 0.6) is 5.75 Å². The Morgan fingerprint density at radius 2 is 2.04 bits per heavy atom. The van der Waals surface area contributed by atoms with Gasteiger partial charge in [0.15, 0.2) is 0 Å². The Morgan fingerprint density at radius 1 is 1.08 bits per heavy atom. The van der Waals surface area contributed by atoms with Gasteiger partial charge < -0.3 is 10.1 Å². The van der Waals surface area contributed by atoms with Crippen molar-refractivity contribution in [3.63, 3.8) is 0 Å². The van der Waals surface area contributed by atoms with Crippen LogP contribution in [0.4, 0.5) is 15.9 Å². The molecule has 0 unspecified atom stereocenters. The van der Waals surface area contributed by atoms with Gasteiger partial charge >= 0.3 is 0 Å². The maximum absolute atomic E-state index is 12.2. The van der Waals surface area contributed by atoms with Gasteiger partial charge in [0.1, 0.15) is 29.7 Å². The zero-order valence-electron chi connectivity index (χ0n) is 13.9. The first-order valence-electron chi connectivity index (χ1n) is 8.19. The number of thiophene rings is 1. The normalized spacial score (nSPS) is 10.8. The van der Waals surface area contributed by atoms with E-state index < -0.39 is 6.67 Å². The maximum atomic E-state index is 12.2. The number of fused-ring (bicyclic) bond motifs is 1. The number of hydrogen-bond donors (Lipinski definition) is 1. The molecule has 0 radical (unpaired) electrons. The molecule has 130 valence electrons. The van der Waals surface area contributed by atoms with Crippen LogP contribution in [0.15, 0.2) is 67.0 Å². The van der Waals surface area contributed by atoms with E-state index in [9.17, 15) is 4.39 Å². The molecular weight excluding hydrogens is 349 g/mol. The topological polar surface area (TPSA) is 47.0 Å². The molecule has 3 aromatic heterocycles. The molecular formula is C20H16FN3OS. The number of ether oxygens (including phenoxy) is 1. The van der Waals surface area contributed by atoms with Crippen molar-refractivity contribution >= 4 is 33.1 Å². The maximum Gasteiger partial charge on any atom is 0.132 e. The summed E-state index contributed by atoms with van der Waals surface area (Å²) in [4.78, 5) is 11.0. The third kappa shape index (κ3) is 3.65.